The van der Waals surface area contributed by atoms with Crippen molar-refractivity contribution in [1.82, 2.24) is 4.57 Å². The molecule has 0 aliphatic heterocycles. The zero-order valence-corrected chi connectivity index (χ0v) is 11.1. The van der Waals surface area contributed by atoms with Crippen LogP contribution in [0.2, 0.25) is 5.02 Å². The summed E-state index contributed by atoms with van der Waals surface area (Å²) in [5.41, 5.74) is 1.38. The van der Waals surface area contributed by atoms with Crippen molar-refractivity contribution < 1.29 is 9.53 Å². The number of carbonyl (C=O) groups is 1. The number of methoxy groups -OCH3 is 1. The van der Waals surface area contributed by atoms with E-state index in [0.717, 1.165) is 15.4 Å². The lowest BCUT2D eigenvalue weighted by atomic mass is 10.2. The van der Waals surface area contributed by atoms with Gasteiger partial charge in [0.15, 0.2) is 0 Å². The number of aromatic nitrogens is 1. The largest absolute Gasteiger partial charge is 0.464 e. The first-order valence-electron chi connectivity index (χ1n) is 4.58. The number of benzene rings is 1. The van der Waals surface area contributed by atoms with E-state index in [-0.39, 0.29) is 5.97 Å². The molecule has 0 bridgehead atoms. The summed E-state index contributed by atoms with van der Waals surface area (Å²) in [4.78, 5) is 11.5. The Kier molecular flexibility index (Phi) is 2.95. The van der Waals surface area contributed by atoms with Gasteiger partial charge in [-0.05, 0) is 34.1 Å². The van der Waals surface area contributed by atoms with Gasteiger partial charge in [0, 0.05) is 22.4 Å². The minimum atomic E-state index is -0.370. The van der Waals surface area contributed by atoms with Crippen LogP contribution in [0.15, 0.2) is 22.7 Å². The van der Waals surface area contributed by atoms with Gasteiger partial charge in [-0.2, -0.15) is 0 Å². The fraction of sp³-hybridized carbons (Fsp3) is 0.182. The number of hydrogen-bond donors (Lipinski definition) is 0. The van der Waals surface area contributed by atoms with Crippen LogP contribution in [-0.2, 0) is 11.8 Å². The number of rotatable bonds is 1. The summed E-state index contributed by atoms with van der Waals surface area (Å²) in [5.74, 6) is -0.370. The maximum Gasteiger partial charge on any atom is 0.354 e. The molecule has 16 heavy (non-hydrogen) atoms. The number of fused-ring (bicyclic) bond motifs is 1. The van der Waals surface area contributed by atoms with Crippen LogP contribution in [0.4, 0.5) is 0 Å². The van der Waals surface area contributed by atoms with Crippen LogP contribution in [0.3, 0.4) is 0 Å². The first-order chi connectivity index (χ1) is 7.56. The number of esters is 1. The maximum absolute atomic E-state index is 11.5. The quantitative estimate of drug-likeness (QED) is 0.756. The fourth-order valence-corrected chi connectivity index (χ4v) is 2.21. The minimum absolute atomic E-state index is 0.370. The van der Waals surface area contributed by atoms with Crippen LogP contribution < -0.4 is 0 Å². The van der Waals surface area contributed by atoms with Crippen molar-refractivity contribution in [3.05, 3.63) is 33.4 Å². The van der Waals surface area contributed by atoms with Crippen molar-refractivity contribution in [2.75, 3.05) is 7.11 Å². The van der Waals surface area contributed by atoms with Gasteiger partial charge < -0.3 is 9.30 Å². The van der Waals surface area contributed by atoms with Crippen LogP contribution >= 0.6 is 27.5 Å². The zero-order valence-electron chi connectivity index (χ0n) is 8.75. The van der Waals surface area contributed by atoms with Gasteiger partial charge in [-0.15, -0.1) is 0 Å². The molecule has 5 heteroatoms. The molecule has 0 saturated carbocycles. The number of carbonyl (C=O) groups excluding carboxylic acids is 1. The molecule has 2 aromatic rings. The Hall–Kier alpha value is -1.00. The Bertz CT molecular complexity index is 577. The number of nitrogens with zero attached hydrogens (tertiary/aromatic N) is 1. The molecule has 1 aromatic heterocycles. The summed E-state index contributed by atoms with van der Waals surface area (Å²) in [7, 11) is 3.16. The lowest BCUT2D eigenvalue weighted by Crippen LogP contribution is -2.06. The Balaban J connectivity index is 2.77. The van der Waals surface area contributed by atoms with Crippen LogP contribution in [0, 0.1) is 0 Å². The van der Waals surface area contributed by atoms with Crippen molar-refractivity contribution >= 4 is 44.4 Å². The molecular weight excluding hydrogens is 293 g/mol. The molecular formula is C11H9BrClNO2. The Morgan fingerprint density at radius 2 is 2.19 bits per heavy atom. The van der Waals surface area contributed by atoms with Gasteiger partial charge in [-0.3, -0.25) is 0 Å². The molecule has 0 saturated heterocycles. The predicted molar refractivity (Wildman–Crippen MR) is 67.0 cm³/mol. The highest BCUT2D eigenvalue weighted by Gasteiger charge is 2.15. The normalized spacial score (nSPS) is 10.8. The van der Waals surface area contributed by atoms with Crippen molar-refractivity contribution in [3.63, 3.8) is 0 Å². The number of aryl methyl sites for hydroxylation is 1. The zero-order chi connectivity index (χ0) is 11.9. The standard InChI is InChI=1S/C11H9BrClNO2/c1-14-8-4-3-7(12)10(13)6(8)5-9(14)11(15)16-2/h3-5H,1-2H3. The molecule has 0 fully saturated rings. The SMILES string of the molecule is COC(=O)c1cc2c(Cl)c(Br)ccc2n1C. The molecule has 1 aromatic carbocycles. The van der Waals surface area contributed by atoms with E-state index in [1.165, 1.54) is 7.11 Å². The van der Waals surface area contributed by atoms with Gasteiger partial charge in [-0.1, -0.05) is 11.6 Å². The van der Waals surface area contributed by atoms with Crippen LogP contribution in [-0.4, -0.2) is 17.6 Å². The molecule has 0 amide bonds. The molecule has 2 rings (SSSR count). The highest BCUT2D eigenvalue weighted by atomic mass is 79.9. The molecule has 84 valence electrons. The Morgan fingerprint density at radius 1 is 1.50 bits per heavy atom. The van der Waals surface area contributed by atoms with E-state index in [1.807, 2.05) is 12.1 Å². The third-order valence-electron chi connectivity index (χ3n) is 2.51. The second-order valence-corrected chi connectivity index (χ2v) is 4.61. The summed E-state index contributed by atoms with van der Waals surface area (Å²) >= 11 is 9.49. The summed E-state index contributed by atoms with van der Waals surface area (Å²) in [6.07, 6.45) is 0. The molecule has 0 atom stereocenters. The van der Waals surface area contributed by atoms with Crippen LogP contribution in [0.1, 0.15) is 10.5 Å². The molecule has 0 spiro atoms. The number of hydrogen-bond acceptors (Lipinski definition) is 2. The van der Waals surface area contributed by atoms with Gasteiger partial charge >= 0.3 is 5.97 Å². The van der Waals surface area contributed by atoms with E-state index in [9.17, 15) is 4.79 Å². The van der Waals surface area contributed by atoms with Gasteiger partial charge in [0.05, 0.1) is 12.1 Å². The summed E-state index contributed by atoms with van der Waals surface area (Å²) in [6.45, 7) is 0. The summed E-state index contributed by atoms with van der Waals surface area (Å²) < 4.78 is 7.27. The molecule has 1 heterocycles. The highest BCUT2D eigenvalue weighted by molar-refractivity contribution is 9.10. The topological polar surface area (TPSA) is 31.2 Å². The van der Waals surface area contributed by atoms with E-state index < -0.39 is 0 Å². The molecule has 0 radical (unpaired) electrons. The van der Waals surface area contributed by atoms with Crippen molar-refractivity contribution in [1.29, 1.82) is 0 Å². The van der Waals surface area contributed by atoms with Gasteiger partial charge in [0.2, 0.25) is 0 Å². The fourth-order valence-electron chi connectivity index (χ4n) is 1.65. The van der Waals surface area contributed by atoms with E-state index in [1.54, 1.807) is 17.7 Å². The Labute approximate surface area is 106 Å². The van der Waals surface area contributed by atoms with Crippen LogP contribution in [0.25, 0.3) is 10.9 Å². The monoisotopic (exact) mass is 301 g/mol. The van der Waals surface area contributed by atoms with E-state index in [4.69, 9.17) is 16.3 Å². The summed E-state index contributed by atoms with van der Waals surface area (Å²) in [5, 5.41) is 1.43. The average molecular weight is 303 g/mol. The van der Waals surface area contributed by atoms with Crippen LogP contribution in [0.5, 0.6) is 0 Å². The van der Waals surface area contributed by atoms with Crippen molar-refractivity contribution in [3.8, 4) is 0 Å². The number of ether oxygens (including phenoxy) is 1. The highest BCUT2D eigenvalue weighted by Crippen LogP contribution is 2.32. The smallest absolute Gasteiger partial charge is 0.354 e. The second-order valence-electron chi connectivity index (χ2n) is 3.37. The molecule has 0 aliphatic carbocycles. The molecule has 0 aliphatic rings. The van der Waals surface area contributed by atoms with Crippen molar-refractivity contribution in [2.24, 2.45) is 7.05 Å². The summed E-state index contributed by atoms with van der Waals surface area (Å²) in [6, 6.07) is 5.48. The first-order valence-corrected chi connectivity index (χ1v) is 5.75. The van der Waals surface area contributed by atoms with E-state index in [0.29, 0.717) is 10.7 Å². The van der Waals surface area contributed by atoms with E-state index >= 15 is 0 Å². The average Bonchev–Trinajstić information content (AvgIpc) is 2.61. The first kappa shape index (κ1) is 11.5. The second kappa shape index (κ2) is 4.11. The minimum Gasteiger partial charge on any atom is -0.464 e. The molecule has 0 N–H and O–H groups in total. The lowest BCUT2D eigenvalue weighted by Gasteiger charge is -2.02. The van der Waals surface area contributed by atoms with E-state index in [2.05, 4.69) is 15.9 Å². The lowest BCUT2D eigenvalue weighted by molar-refractivity contribution is 0.0590. The molecule has 0 unspecified atom stereocenters. The molecule has 3 nitrogen and oxygen atoms in total. The number of halogens is 2. The van der Waals surface area contributed by atoms with Gasteiger partial charge in [0.25, 0.3) is 0 Å². The maximum atomic E-state index is 11.5. The van der Waals surface area contributed by atoms with Gasteiger partial charge in [0.1, 0.15) is 5.69 Å². The predicted octanol–water partition coefficient (Wildman–Crippen LogP) is 3.38. The Morgan fingerprint density at radius 3 is 2.81 bits per heavy atom. The third kappa shape index (κ3) is 1.62. The third-order valence-corrected chi connectivity index (χ3v) is 3.80. The van der Waals surface area contributed by atoms with Gasteiger partial charge in [-0.25, -0.2) is 4.79 Å². The van der Waals surface area contributed by atoms with Crippen molar-refractivity contribution in [2.45, 2.75) is 0 Å².